The second-order valence-corrected chi connectivity index (χ2v) is 7.79. The van der Waals surface area contributed by atoms with E-state index in [0.717, 1.165) is 12.8 Å². The van der Waals surface area contributed by atoms with E-state index in [1.807, 2.05) is 18.4 Å². The first-order chi connectivity index (χ1) is 9.13. The Kier molecular flexibility index (Phi) is 5.87. The SMILES string of the molecule is CCc1ccc(CC(NC)c2cc(I)ccc2Br)s1. The van der Waals surface area contributed by atoms with Crippen LogP contribution in [0.25, 0.3) is 0 Å². The van der Waals surface area contributed by atoms with Crippen molar-refractivity contribution in [2.45, 2.75) is 25.8 Å². The second kappa shape index (κ2) is 7.20. The molecule has 0 saturated carbocycles. The van der Waals surface area contributed by atoms with Crippen LogP contribution >= 0.6 is 49.9 Å². The van der Waals surface area contributed by atoms with Crippen LogP contribution in [0.2, 0.25) is 0 Å². The molecule has 1 N–H and O–H groups in total. The van der Waals surface area contributed by atoms with Crippen LogP contribution in [0.4, 0.5) is 0 Å². The number of hydrogen-bond acceptors (Lipinski definition) is 2. The molecule has 1 unspecified atom stereocenters. The maximum Gasteiger partial charge on any atom is 0.0377 e. The Morgan fingerprint density at radius 2 is 2.00 bits per heavy atom. The topological polar surface area (TPSA) is 12.0 Å². The van der Waals surface area contributed by atoms with Crippen LogP contribution in [-0.2, 0) is 12.8 Å². The summed E-state index contributed by atoms with van der Waals surface area (Å²) in [5.74, 6) is 0. The van der Waals surface area contributed by atoms with Gasteiger partial charge in [0, 0.05) is 30.3 Å². The van der Waals surface area contributed by atoms with Gasteiger partial charge in [-0.25, -0.2) is 0 Å². The van der Waals surface area contributed by atoms with Gasteiger partial charge in [0.1, 0.15) is 0 Å². The lowest BCUT2D eigenvalue weighted by molar-refractivity contribution is 0.594. The van der Waals surface area contributed by atoms with Crippen LogP contribution < -0.4 is 5.32 Å². The highest BCUT2D eigenvalue weighted by atomic mass is 127. The van der Waals surface area contributed by atoms with E-state index in [1.165, 1.54) is 23.4 Å². The molecule has 0 radical (unpaired) electrons. The highest BCUT2D eigenvalue weighted by molar-refractivity contribution is 14.1. The van der Waals surface area contributed by atoms with Crippen molar-refractivity contribution in [1.29, 1.82) is 0 Å². The summed E-state index contributed by atoms with van der Waals surface area (Å²) in [6.45, 7) is 2.21. The molecule has 1 heterocycles. The molecule has 2 rings (SSSR count). The van der Waals surface area contributed by atoms with Gasteiger partial charge in [0.05, 0.1) is 0 Å². The zero-order valence-corrected chi connectivity index (χ0v) is 15.6. The Morgan fingerprint density at radius 1 is 1.26 bits per heavy atom. The zero-order chi connectivity index (χ0) is 13.8. The Balaban J connectivity index is 2.22. The summed E-state index contributed by atoms with van der Waals surface area (Å²) in [6.07, 6.45) is 2.17. The molecule has 1 aromatic carbocycles. The van der Waals surface area contributed by atoms with Gasteiger partial charge in [0.15, 0.2) is 0 Å². The summed E-state index contributed by atoms with van der Waals surface area (Å²) < 4.78 is 2.45. The highest BCUT2D eigenvalue weighted by Gasteiger charge is 2.14. The second-order valence-electron chi connectivity index (χ2n) is 4.43. The third-order valence-electron chi connectivity index (χ3n) is 3.15. The monoisotopic (exact) mass is 449 g/mol. The fraction of sp³-hybridized carbons (Fsp3) is 0.333. The lowest BCUT2D eigenvalue weighted by Gasteiger charge is -2.18. The minimum absolute atomic E-state index is 0.354. The highest BCUT2D eigenvalue weighted by Crippen LogP contribution is 2.29. The summed E-state index contributed by atoms with van der Waals surface area (Å²) in [7, 11) is 2.03. The van der Waals surface area contributed by atoms with Crippen LogP contribution in [0.3, 0.4) is 0 Å². The molecule has 4 heteroatoms. The number of hydrogen-bond donors (Lipinski definition) is 1. The standard InChI is InChI=1S/C15H17BrINS/c1-3-11-5-6-12(19-11)9-15(18-2)13-8-10(17)4-7-14(13)16/h4-8,15,18H,3,9H2,1-2H3. The fourth-order valence-electron chi connectivity index (χ4n) is 2.07. The van der Waals surface area contributed by atoms with Crippen molar-refractivity contribution in [1.82, 2.24) is 5.32 Å². The summed E-state index contributed by atoms with van der Waals surface area (Å²) in [6, 6.07) is 11.4. The van der Waals surface area contributed by atoms with Crippen molar-refractivity contribution in [3.8, 4) is 0 Å². The average molecular weight is 450 g/mol. The Labute approximate surface area is 141 Å². The van der Waals surface area contributed by atoms with E-state index in [0.29, 0.717) is 6.04 Å². The quantitative estimate of drug-likeness (QED) is 0.620. The van der Waals surface area contributed by atoms with Gasteiger partial charge in [0.25, 0.3) is 0 Å². The lowest BCUT2D eigenvalue weighted by atomic mass is 10.0. The van der Waals surface area contributed by atoms with Crippen LogP contribution in [0.15, 0.2) is 34.8 Å². The van der Waals surface area contributed by atoms with Crippen LogP contribution in [0.5, 0.6) is 0 Å². The van der Waals surface area contributed by atoms with E-state index in [9.17, 15) is 0 Å². The van der Waals surface area contributed by atoms with E-state index < -0.39 is 0 Å². The van der Waals surface area contributed by atoms with Gasteiger partial charge in [-0.05, 0) is 72.0 Å². The molecular formula is C15H17BrINS. The molecule has 19 heavy (non-hydrogen) atoms. The smallest absolute Gasteiger partial charge is 0.0377 e. The molecule has 2 aromatic rings. The molecule has 1 aromatic heterocycles. The summed E-state index contributed by atoms with van der Waals surface area (Å²) in [5, 5.41) is 3.44. The van der Waals surface area contributed by atoms with E-state index >= 15 is 0 Å². The number of aryl methyl sites for hydroxylation is 1. The molecule has 0 fully saturated rings. The Bertz CT molecular complexity index is 553. The molecule has 1 nitrogen and oxygen atoms in total. The minimum Gasteiger partial charge on any atom is -0.313 e. The van der Waals surface area contributed by atoms with E-state index in [4.69, 9.17) is 0 Å². The third kappa shape index (κ3) is 4.03. The van der Waals surface area contributed by atoms with Crippen LogP contribution in [-0.4, -0.2) is 7.05 Å². The van der Waals surface area contributed by atoms with Crippen molar-refractivity contribution >= 4 is 49.9 Å². The molecule has 0 aliphatic heterocycles. The van der Waals surface area contributed by atoms with Crippen molar-refractivity contribution in [3.63, 3.8) is 0 Å². The first-order valence-electron chi connectivity index (χ1n) is 6.33. The zero-order valence-electron chi connectivity index (χ0n) is 11.0. The third-order valence-corrected chi connectivity index (χ3v) is 5.80. The number of benzene rings is 1. The average Bonchev–Trinajstić information content (AvgIpc) is 2.87. The van der Waals surface area contributed by atoms with Gasteiger partial charge in [-0.2, -0.15) is 0 Å². The molecule has 0 aliphatic carbocycles. The summed E-state index contributed by atoms with van der Waals surface area (Å²) >= 11 is 7.96. The van der Waals surface area contributed by atoms with E-state index in [1.54, 1.807) is 0 Å². The van der Waals surface area contributed by atoms with Crippen LogP contribution in [0, 0.1) is 3.57 Å². The van der Waals surface area contributed by atoms with Crippen LogP contribution in [0.1, 0.15) is 28.3 Å². The molecule has 0 saturated heterocycles. The largest absolute Gasteiger partial charge is 0.313 e. The molecule has 0 amide bonds. The summed E-state index contributed by atoms with van der Waals surface area (Å²) in [5.41, 5.74) is 1.33. The maximum atomic E-state index is 3.66. The number of nitrogens with one attached hydrogen (secondary N) is 1. The molecule has 0 aliphatic rings. The van der Waals surface area contributed by atoms with Crippen molar-refractivity contribution in [2.75, 3.05) is 7.05 Å². The van der Waals surface area contributed by atoms with Crippen molar-refractivity contribution < 1.29 is 0 Å². The van der Waals surface area contributed by atoms with E-state index in [-0.39, 0.29) is 0 Å². The predicted octanol–water partition coefficient (Wildman–Crippen LogP) is 5.18. The van der Waals surface area contributed by atoms with Gasteiger partial charge in [-0.1, -0.05) is 22.9 Å². The summed E-state index contributed by atoms with van der Waals surface area (Å²) in [4.78, 5) is 2.91. The number of thiophene rings is 1. The minimum atomic E-state index is 0.354. The molecular weight excluding hydrogens is 433 g/mol. The van der Waals surface area contributed by atoms with Crippen molar-refractivity contribution in [2.24, 2.45) is 0 Å². The van der Waals surface area contributed by atoms with E-state index in [2.05, 4.69) is 81.1 Å². The van der Waals surface area contributed by atoms with Gasteiger partial charge >= 0.3 is 0 Å². The van der Waals surface area contributed by atoms with Gasteiger partial charge < -0.3 is 5.32 Å². The molecule has 0 spiro atoms. The Morgan fingerprint density at radius 3 is 2.63 bits per heavy atom. The molecule has 0 bridgehead atoms. The fourth-order valence-corrected chi connectivity index (χ4v) is 4.11. The number of halogens is 2. The maximum absolute atomic E-state index is 3.66. The lowest BCUT2D eigenvalue weighted by Crippen LogP contribution is -2.19. The first-order valence-corrected chi connectivity index (χ1v) is 9.02. The number of rotatable bonds is 5. The van der Waals surface area contributed by atoms with Gasteiger partial charge in [0.2, 0.25) is 0 Å². The van der Waals surface area contributed by atoms with Gasteiger partial charge in [-0.3, -0.25) is 0 Å². The normalized spacial score (nSPS) is 12.6. The molecule has 1 atom stereocenters. The number of likely N-dealkylation sites (N-methyl/N-ethyl adjacent to an activating group) is 1. The first kappa shape index (κ1) is 15.5. The van der Waals surface area contributed by atoms with Crippen molar-refractivity contribution in [3.05, 3.63) is 53.7 Å². The van der Waals surface area contributed by atoms with Gasteiger partial charge in [-0.15, -0.1) is 11.3 Å². The Hall–Kier alpha value is 0.0900. The molecule has 102 valence electrons. The predicted molar refractivity (Wildman–Crippen MR) is 96.1 cm³/mol.